The van der Waals surface area contributed by atoms with Crippen LogP contribution in [0.1, 0.15) is 46.5 Å². The molecule has 1 heterocycles. The fourth-order valence-corrected chi connectivity index (χ4v) is 2.60. The molecule has 0 saturated carbocycles. The molecule has 1 unspecified atom stereocenters. The first-order valence-corrected chi connectivity index (χ1v) is 6.88. The SMILES string of the molecule is CC(C)(C)CSC(=O)C1CCCCCN1. The monoisotopic (exact) mass is 229 g/mol. The molecule has 2 nitrogen and oxygen atoms in total. The Hall–Kier alpha value is -0.0200. The van der Waals surface area contributed by atoms with Crippen molar-refractivity contribution in [3.63, 3.8) is 0 Å². The van der Waals surface area contributed by atoms with Crippen LogP contribution in [0.25, 0.3) is 0 Å². The molecule has 0 bridgehead atoms. The minimum absolute atomic E-state index is 0.111. The molecule has 1 saturated heterocycles. The van der Waals surface area contributed by atoms with Crippen molar-refractivity contribution in [2.45, 2.75) is 52.5 Å². The molecule has 0 spiro atoms. The summed E-state index contributed by atoms with van der Waals surface area (Å²) in [6, 6.07) is 0.111. The van der Waals surface area contributed by atoms with Crippen LogP contribution in [0.15, 0.2) is 0 Å². The van der Waals surface area contributed by atoms with Crippen LogP contribution in [-0.4, -0.2) is 23.5 Å². The molecule has 1 N–H and O–H groups in total. The summed E-state index contributed by atoms with van der Waals surface area (Å²) >= 11 is 1.50. The van der Waals surface area contributed by atoms with Crippen LogP contribution in [-0.2, 0) is 4.79 Å². The standard InChI is InChI=1S/C12H23NOS/c1-12(2,3)9-15-11(14)10-7-5-4-6-8-13-10/h10,13H,4-9H2,1-3H3. The van der Waals surface area contributed by atoms with E-state index in [0.717, 1.165) is 18.7 Å². The molecule has 1 rings (SSSR count). The molecule has 0 aromatic rings. The predicted octanol–water partition coefficient (Wildman–Crippen LogP) is 2.82. The summed E-state index contributed by atoms with van der Waals surface area (Å²) in [5.74, 6) is 0.921. The first-order valence-electron chi connectivity index (χ1n) is 5.89. The minimum Gasteiger partial charge on any atom is -0.307 e. The van der Waals surface area contributed by atoms with Gasteiger partial charge in [0.1, 0.15) is 0 Å². The Morgan fingerprint density at radius 2 is 2.07 bits per heavy atom. The van der Waals surface area contributed by atoms with Gasteiger partial charge in [-0.15, -0.1) is 0 Å². The van der Waals surface area contributed by atoms with Crippen molar-refractivity contribution in [2.24, 2.45) is 5.41 Å². The van der Waals surface area contributed by atoms with Crippen molar-refractivity contribution >= 4 is 16.9 Å². The van der Waals surface area contributed by atoms with E-state index in [-0.39, 0.29) is 11.5 Å². The lowest BCUT2D eigenvalue weighted by Gasteiger charge is -2.19. The van der Waals surface area contributed by atoms with Gasteiger partial charge in [0.2, 0.25) is 5.12 Å². The lowest BCUT2D eigenvalue weighted by atomic mass is 10.0. The lowest BCUT2D eigenvalue weighted by molar-refractivity contribution is -0.112. The molecule has 3 heteroatoms. The molecule has 1 aliphatic rings. The highest BCUT2D eigenvalue weighted by Crippen LogP contribution is 2.23. The van der Waals surface area contributed by atoms with E-state index in [9.17, 15) is 4.79 Å². The number of carbonyl (C=O) groups excluding carboxylic acids is 1. The highest BCUT2D eigenvalue weighted by Gasteiger charge is 2.21. The molecule has 0 radical (unpaired) electrons. The van der Waals surface area contributed by atoms with Crippen molar-refractivity contribution in [3.8, 4) is 0 Å². The average molecular weight is 229 g/mol. The summed E-state index contributed by atoms with van der Waals surface area (Å²) in [4.78, 5) is 11.9. The van der Waals surface area contributed by atoms with Gasteiger partial charge < -0.3 is 5.32 Å². The normalized spacial score (nSPS) is 23.5. The van der Waals surface area contributed by atoms with Gasteiger partial charge in [0.15, 0.2) is 0 Å². The van der Waals surface area contributed by atoms with Crippen molar-refractivity contribution in [1.29, 1.82) is 0 Å². The molecule has 15 heavy (non-hydrogen) atoms. The molecule has 0 amide bonds. The zero-order valence-electron chi connectivity index (χ0n) is 10.1. The largest absolute Gasteiger partial charge is 0.307 e. The van der Waals surface area contributed by atoms with E-state index in [1.165, 1.54) is 31.0 Å². The summed E-state index contributed by atoms with van der Waals surface area (Å²) < 4.78 is 0. The minimum atomic E-state index is 0.111. The molecule has 88 valence electrons. The van der Waals surface area contributed by atoms with Crippen LogP contribution < -0.4 is 5.32 Å². The van der Waals surface area contributed by atoms with E-state index >= 15 is 0 Å². The fourth-order valence-electron chi connectivity index (χ4n) is 1.62. The second-order valence-corrected chi connectivity index (χ2v) is 6.50. The Morgan fingerprint density at radius 3 is 2.73 bits per heavy atom. The summed E-state index contributed by atoms with van der Waals surface area (Å²) in [6.45, 7) is 7.53. The average Bonchev–Trinajstić information content (AvgIpc) is 2.41. The number of hydrogen-bond donors (Lipinski definition) is 1. The van der Waals surface area contributed by atoms with Gasteiger partial charge in [0, 0.05) is 5.75 Å². The quantitative estimate of drug-likeness (QED) is 0.789. The highest BCUT2D eigenvalue weighted by atomic mass is 32.2. The van der Waals surface area contributed by atoms with E-state index in [2.05, 4.69) is 26.1 Å². The van der Waals surface area contributed by atoms with E-state index < -0.39 is 0 Å². The van der Waals surface area contributed by atoms with Crippen LogP contribution in [0.4, 0.5) is 0 Å². The Bertz CT molecular complexity index is 202. The first-order chi connectivity index (χ1) is 6.99. The van der Waals surface area contributed by atoms with Crippen LogP contribution in [0.5, 0.6) is 0 Å². The van der Waals surface area contributed by atoms with Gasteiger partial charge in [-0.05, 0) is 24.8 Å². The van der Waals surface area contributed by atoms with Crippen molar-refractivity contribution < 1.29 is 4.79 Å². The fraction of sp³-hybridized carbons (Fsp3) is 0.917. The van der Waals surface area contributed by atoms with Gasteiger partial charge in [-0.25, -0.2) is 0 Å². The van der Waals surface area contributed by atoms with Gasteiger partial charge in [0.05, 0.1) is 6.04 Å². The number of rotatable bonds is 2. The molecule has 1 aliphatic heterocycles. The van der Waals surface area contributed by atoms with Gasteiger partial charge in [0.25, 0.3) is 0 Å². The van der Waals surface area contributed by atoms with Crippen LogP contribution in [0, 0.1) is 5.41 Å². The van der Waals surface area contributed by atoms with Crippen molar-refractivity contribution in [2.75, 3.05) is 12.3 Å². The van der Waals surface area contributed by atoms with Crippen LogP contribution in [0.3, 0.4) is 0 Å². The summed E-state index contributed by atoms with van der Waals surface area (Å²) in [5.41, 5.74) is 0.241. The Balaban J connectivity index is 2.32. The molecule has 0 aromatic heterocycles. The molecule has 0 aliphatic carbocycles. The topological polar surface area (TPSA) is 29.1 Å². The number of hydrogen-bond acceptors (Lipinski definition) is 3. The maximum Gasteiger partial charge on any atom is 0.205 e. The van der Waals surface area contributed by atoms with E-state index in [4.69, 9.17) is 0 Å². The molecule has 0 aromatic carbocycles. The summed E-state index contributed by atoms with van der Waals surface area (Å²) in [7, 11) is 0. The first kappa shape index (κ1) is 13.0. The van der Waals surface area contributed by atoms with Crippen LogP contribution in [0.2, 0.25) is 0 Å². The van der Waals surface area contributed by atoms with E-state index in [1.807, 2.05) is 0 Å². The Labute approximate surface area is 97.6 Å². The molecular weight excluding hydrogens is 206 g/mol. The Morgan fingerprint density at radius 1 is 1.33 bits per heavy atom. The summed E-state index contributed by atoms with van der Waals surface area (Å²) in [5, 5.41) is 3.69. The molecule has 1 fully saturated rings. The molecular formula is C12H23NOS. The zero-order chi connectivity index (χ0) is 11.3. The third-order valence-electron chi connectivity index (χ3n) is 2.49. The zero-order valence-corrected chi connectivity index (χ0v) is 11.0. The smallest absolute Gasteiger partial charge is 0.205 e. The van der Waals surface area contributed by atoms with Gasteiger partial charge >= 0.3 is 0 Å². The number of nitrogens with one attached hydrogen (secondary N) is 1. The maximum absolute atomic E-state index is 11.9. The van der Waals surface area contributed by atoms with E-state index in [0.29, 0.717) is 5.12 Å². The number of thioether (sulfide) groups is 1. The second kappa shape index (κ2) is 5.90. The third kappa shape index (κ3) is 5.57. The van der Waals surface area contributed by atoms with Crippen molar-refractivity contribution in [3.05, 3.63) is 0 Å². The van der Waals surface area contributed by atoms with Gasteiger partial charge in [-0.1, -0.05) is 45.4 Å². The second-order valence-electron chi connectivity index (χ2n) is 5.52. The van der Waals surface area contributed by atoms with Gasteiger partial charge in [-0.3, -0.25) is 4.79 Å². The number of carbonyl (C=O) groups is 1. The van der Waals surface area contributed by atoms with E-state index in [1.54, 1.807) is 0 Å². The lowest BCUT2D eigenvalue weighted by Crippen LogP contribution is -2.35. The Kier molecular flexibility index (Phi) is 5.13. The molecule has 1 atom stereocenters. The predicted molar refractivity (Wildman–Crippen MR) is 67.2 cm³/mol. The third-order valence-corrected chi connectivity index (χ3v) is 4.07. The summed E-state index contributed by atoms with van der Waals surface area (Å²) in [6.07, 6.45) is 4.70. The maximum atomic E-state index is 11.9. The van der Waals surface area contributed by atoms with Crippen molar-refractivity contribution in [1.82, 2.24) is 5.32 Å². The van der Waals surface area contributed by atoms with Gasteiger partial charge in [-0.2, -0.15) is 0 Å². The van der Waals surface area contributed by atoms with Crippen LogP contribution >= 0.6 is 11.8 Å². The highest BCUT2D eigenvalue weighted by molar-refractivity contribution is 8.13.